The van der Waals surface area contributed by atoms with E-state index >= 15 is 0 Å². The minimum Gasteiger partial charge on any atom is -0.307 e. The smallest absolute Gasteiger partial charge is 0.0450 e. The third kappa shape index (κ3) is 3.80. The van der Waals surface area contributed by atoms with Crippen LogP contribution in [0.1, 0.15) is 49.7 Å². The van der Waals surface area contributed by atoms with Gasteiger partial charge >= 0.3 is 0 Å². The molecule has 0 aromatic heterocycles. The van der Waals surface area contributed by atoms with Gasteiger partial charge in [0.05, 0.1) is 0 Å². The number of fused-ring (bicyclic) bond motifs is 3. The molecule has 26 heavy (non-hydrogen) atoms. The molecular weight excluding hydrogens is 363 g/mol. The summed E-state index contributed by atoms with van der Waals surface area (Å²) in [6.45, 7) is 1.72. The lowest BCUT2D eigenvalue weighted by atomic mass is 9.61. The van der Waals surface area contributed by atoms with Crippen molar-refractivity contribution in [1.82, 2.24) is 10.6 Å². The first kappa shape index (κ1) is 18.3. The largest absolute Gasteiger partial charge is 0.307 e. The fraction of sp³-hybridized carbons (Fsp3) is 0.455. The molecule has 0 atom stereocenters. The van der Waals surface area contributed by atoms with Crippen LogP contribution in [0.4, 0.5) is 0 Å². The van der Waals surface area contributed by atoms with Gasteiger partial charge < -0.3 is 10.6 Å². The summed E-state index contributed by atoms with van der Waals surface area (Å²) >= 11 is 12.6. The molecule has 2 aromatic carbocycles. The quantitative estimate of drug-likeness (QED) is 0.661. The molecule has 0 unspecified atom stereocenters. The minimum absolute atomic E-state index is 0.285. The maximum absolute atomic E-state index is 6.31. The average molecular weight is 389 g/mol. The average Bonchev–Trinajstić information content (AvgIpc) is 2.68. The van der Waals surface area contributed by atoms with Crippen LogP contribution in [0.5, 0.6) is 0 Å². The lowest BCUT2D eigenvalue weighted by molar-refractivity contribution is 0.0549. The predicted molar refractivity (Wildman–Crippen MR) is 110 cm³/mol. The normalized spacial score (nSPS) is 27.6. The zero-order chi connectivity index (χ0) is 18.0. The number of nitrogens with one attached hydrogen (secondary N) is 2. The van der Waals surface area contributed by atoms with E-state index in [-0.39, 0.29) is 11.1 Å². The first-order valence-electron chi connectivity index (χ1n) is 9.57. The fourth-order valence-corrected chi connectivity index (χ4v) is 4.97. The third-order valence-corrected chi connectivity index (χ3v) is 7.21. The zero-order valence-corrected chi connectivity index (χ0v) is 16.5. The summed E-state index contributed by atoms with van der Waals surface area (Å²) in [5, 5.41) is 9.41. The monoisotopic (exact) mass is 388 g/mol. The van der Waals surface area contributed by atoms with E-state index in [0.29, 0.717) is 0 Å². The Morgan fingerprint density at radius 1 is 0.615 bits per heavy atom. The van der Waals surface area contributed by atoms with E-state index < -0.39 is 0 Å². The van der Waals surface area contributed by atoms with Crippen LogP contribution in [0.25, 0.3) is 0 Å². The molecule has 0 saturated heterocycles. The fourth-order valence-electron chi connectivity index (χ4n) is 4.56. The van der Waals surface area contributed by atoms with E-state index in [4.69, 9.17) is 23.2 Å². The lowest BCUT2D eigenvalue weighted by Gasteiger charge is -2.54. The minimum atomic E-state index is 0.285. The molecule has 3 aliphatic carbocycles. The molecule has 5 rings (SSSR count). The topological polar surface area (TPSA) is 24.1 Å². The first-order chi connectivity index (χ1) is 12.6. The molecule has 2 bridgehead atoms. The van der Waals surface area contributed by atoms with E-state index in [0.717, 1.165) is 23.1 Å². The van der Waals surface area contributed by atoms with Gasteiger partial charge in [0.15, 0.2) is 0 Å². The molecule has 2 N–H and O–H groups in total. The molecule has 0 heterocycles. The Bertz CT molecular complexity index is 684. The summed E-state index contributed by atoms with van der Waals surface area (Å²) in [5.41, 5.74) is 2.96. The van der Waals surface area contributed by atoms with Crippen molar-refractivity contribution in [2.24, 2.45) is 0 Å². The molecule has 4 heteroatoms. The molecule has 0 spiro atoms. The van der Waals surface area contributed by atoms with Gasteiger partial charge in [-0.25, -0.2) is 0 Å². The molecule has 2 nitrogen and oxygen atoms in total. The van der Waals surface area contributed by atoms with Gasteiger partial charge in [0.1, 0.15) is 0 Å². The highest BCUT2D eigenvalue weighted by molar-refractivity contribution is 6.31. The highest BCUT2D eigenvalue weighted by Crippen LogP contribution is 2.47. The van der Waals surface area contributed by atoms with Gasteiger partial charge in [0, 0.05) is 34.2 Å². The maximum atomic E-state index is 6.31. The second-order valence-electron chi connectivity index (χ2n) is 7.95. The van der Waals surface area contributed by atoms with Gasteiger partial charge in [-0.15, -0.1) is 0 Å². The highest BCUT2D eigenvalue weighted by atomic mass is 35.5. The summed E-state index contributed by atoms with van der Waals surface area (Å²) in [7, 11) is 0. The van der Waals surface area contributed by atoms with E-state index in [1.54, 1.807) is 0 Å². The van der Waals surface area contributed by atoms with Gasteiger partial charge in [-0.1, -0.05) is 59.6 Å². The van der Waals surface area contributed by atoms with Gasteiger partial charge in [0.25, 0.3) is 0 Å². The Morgan fingerprint density at radius 2 is 0.962 bits per heavy atom. The van der Waals surface area contributed by atoms with Gasteiger partial charge in [-0.05, 0) is 61.8 Å². The zero-order valence-electron chi connectivity index (χ0n) is 15.0. The standard InChI is InChI=1S/C22H26Cl2N2/c23-19-7-3-1-5-17(19)15-25-21-9-12-22(13-10-21,14-11-21)26-16-18-6-2-4-8-20(18)24/h1-8,25-26H,9-16H2. The lowest BCUT2D eigenvalue weighted by Crippen LogP contribution is -2.61. The number of hydrogen-bond donors (Lipinski definition) is 2. The summed E-state index contributed by atoms with van der Waals surface area (Å²) in [4.78, 5) is 0. The van der Waals surface area contributed by atoms with E-state index in [1.807, 2.05) is 24.3 Å². The SMILES string of the molecule is Clc1ccccc1CNC12CCC(NCc3ccccc3Cl)(CC1)CC2. The molecule has 3 saturated carbocycles. The van der Waals surface area contributed by atoms with Crippen LogP contribution in [-0.4, -0.2) is 11.1 Å². The molecule has 0 amide bonds. The highest BCUT2D eigenvalue weighted by Gasteiger charge is 2.48. The van der Waals surface area contributed by atoms with Crippen molar-refractivity contribution in [3.8, 4) is 0 Å². The predicted octanol–water partition coefficient (Wildman–Crippen LogP) is 5.72. The Morgan fingerprint density at radius 3 is 1.31 bits per heavy atom. The van der Waals surface area contributed by atoms with Crippen LogP contribution in [0.15, 0.2) is 48.5 Å². The van der Waals surface area contributed by atoms with Crippen molar-refractivity contribution >= 4 is 23.2 Å². The van der Waals surface area contributed by atoms with E-state index in [1.165, 1.54) is 49.7 Å². The Labute approximate surface area is 166 Å². The maximum Gasteiger partial charge on any atom is 0.0450 e. The van der Waals surface area contributed by atoms with Crippen LogP contribution in [0.3, 0.4) is 0 Å². The van der Waals surface area contributed by atoms with Gasteiger partial charge in [0.2, 0.25) is 0 Å². The Hall–Kier alpha value is -1.06. The van der Waals surface area contributed by atoms with Crippen molar-refractivity contribution in [3.05, 3.63) is 69.7 Å². The van der Waals surface area contributed by atoms with Gasteiger partial charge in [-0.3, -0.25) is 0 Å². The van der Waals surface area contributed by atoms with Crippen molar-refractivity contribution in [2.75, 3.05) is 0 Å². The summed E-state index contributed by atoms with van der Waals surface area (Å²) in [6.07, 6.45) is 7.37. The van der Waals surface area contributed by atoms with Crippen LogP contribution in [0, 0.1) is 0 Å². The molecular formula is C22H26Cl2N2. The van der Waals surface area contributed by atoms with Crippen molar-refractivity contribution in [1.29, 1.82) is 0 Å². The van der Waals surface area contributed by atoms with Crippen molar-refractivity contribution in [3.63, 3.8) is 0 Å². The van der Waals surface area contributed by atoms with E-state index in [9.17, 15) is 0 Å². The van der Waals surface area contributed by atoms with Crippen LogP contribution >= 0.6 is 23.2 Å². The number of hydrogen-bond acceptors (Lipinski definition) is 2. The molecule has 0 aliphatic heterocycles. The Balaban J connectivity index is 1.34. The van der Waals surface area contributed by atoms with Crippen LogP contribution < -0.4 is 10.6 Å². The van der Waals surface area contributed by atoms with Crippen LogP contribution in [0.2, 0.25) is 10.0 Å². The third-order valence-electron chi connectivity index (χ3n) is 6.47. The first-order valence-corrected chi connectivity index (χ1v) is 10.3. The second-order valence-corrected chi connectivity index (χ2v) is 8.76. The van der Waals surface area contributed by atoms with Crippen molar-refractivity contribution in [2.45, 2.75) is 62.7 Å². The number of benzene rings is 2. The van der Waals surface area contributed by atoms with Crippen molar-refractivity contribution < 1.29 is 0 Å². The summed E-state index contributed by atoms with van der Waals surface area (Å²) in [5.74, 6) is 0. The molecule has 0 radical (unpaired) electrons. The second kappa shape index (κ2) is 7.52. The number of rotatable bonds is 6. The van der Waals surface area contributed by atoms with E-state index in [2.05, 4.69) is 34.9 Å². The summed E-state index contributed by atoms with van der Waals surface area (Å²) in [6, 6.07) is 16.3. The van der Waals surface area contributed by atoms with Gasteiger partial charge in [-0.2, -0.15) is 0 Å². The molecule has 138 valence electrons. The van der Waals surface area contributed by atoms with Crippen LogP contribution in [-0.2, 0) is 13.1 Å². The molecule has 2 aromatic rings. The Kier molecular flexibility index (Phi) is 5.29. The number of halogens is 2. The molecule has 3 aliphatic rings. The summed E-state index contributed by atoms with van der Waals surface area (Å²) < 4.78 is 0. The molecule has 3 fully saturated rings.